The van der Waals surface area contributed by atoms with E-state index in [-0.39, 0.29) is 16.3 Å². The summed E-state index contributed by atoms with van der Waals surface area (Å²) in [4.78, 5) is 23.3. The van der Waals surface area contributed by atoms with E-state index in [0.29, 0.717) is 16.8 Å². The first-order chi connectivity index (χ1) is 12.3. The van der Waals surface area contributed by atoms with Gasteiger partial charge in [0.25, 0.3) is 0 Å². The number of nitrogens with zero attached hydrogens (tertiary/aromatic N) is 3. The third kappa shape index (κ3) is 2.12. The van der Waals surface area contributed by atoms with E-state index < -0.39 is 5.41 Å². The van der Waals surface area contributed by atoms with Crippen LogP contribution >= 0.6 is 23.2 Å². The molecule has 2 aromatic rings. The summed E-state index contributed by atoms with van der Waals surface area (Å²) in [5, 5.41) is 0.304. The Morgan fingerprint density at radius 2 is 1.88 bits per heavy atom. The maximum absolute atomic E-state index is 13.2. The van der Waals surface area contributed by atoms with E-state index in [1.165, 1.54) is 36.8 Å². The molecule has 1 amide bonds. The van der Waals surface area contributed by atoms with Crippen LogP contribution in [-0.4, -0.2) is 15.9 Å². The second-order valence-corrected chi connectivity index (χ2v) is 8.92. The number of halogens is 2. The van der Waals surface area contributed by atoms with Crippen molar-refractivity contribution >= 4 is 40.6 Å². The van der Waals surface area contributed by atoms with Gasteiger partial charge in [-0.3, -0.25) is 9.69 Å². The quantitative estimate of drug-likeness (QED) is 0.504. The van der Waals surface area contributed by atoms with Crippen LogP contribution < -0.4 is 4.90 Å². The van der Waals surface area contributed by atoms with Crippen LogP contribution in [0.4, 0.5) is 11.5 Å². The summed E-state index contributed by atoms with van der Waals surface area (Å²) in [5.74, 6) is 0.456. The fraction of sp³-hybridized carbons (Fsp3) is 0.450. The molecule has 1 spiro atoms. The van der Waals surface area contributed by atoms with Crippen molar-refractivity contribution in [3.8, 4) is 0 Å². The van der Waals surface area contributed by atoms with Gasteiger partial charge in [-0.25, -0.2) is 4.98 Å². The molecular formula is C20H19Cl2N3O. The summed E-state index contributed by atoms with van der Waals surface area (Å²) in [6, 6.07) is 6.38. The van der Waals surface area contributed by atoms with Gasteiger partial charge in [0.05, 0.1) is 11.1 Å². The molecule has 0 radical (unpaired) electrons. The van der Waals surface area contributed by atoms with E-state index in [1.807, 2.05) is 19.9 Å². The number of carbonyl (C=O) groups excluding carboxylic acids is 1. The van der Waals surface area contributed by atoms with Gasteiger partial charge in [-0.15, -0.1) is 0 Å². The molecule has 0 unspecified atom stereocenters. The number of hydrogen-bond donors (Lipinski definition) is 0. The molecule has 0 N–H and O–H groups in total. The SMILES string of the molecule is CC1(C)C(=O)N(c2ccc3c(c2)C2(CCC3)CC2)c2nc(Cl)nc(Cl)c21. The number of anilines is 2. The molecule has 0 saturated heterocycles. The van der Waals surface area contributed by atoms with E-state index in [0.717, 1.165) is 12.1 Å². The summed E-state index contributed by atoms with van der Waals surface area (Å²) in [6.45, 7) is 3.72. The summed E-state index contributed by atoms with van der Waals surface area (Å²) in [5.41, 5.74) is 3.87. The molecule has 1 aliphatic heterocycles. The molecule has 0 bridgehead atoms. The number of carbonyl (C=O) groups is 1. The third-order valence-electron chi connectivity index (χ3n) is 6.27. The number of benzene rings is 1. The average molecular weight is 388 g/mol. The van der Waals surface area contributed by atoms with Crippen molar-refractivity contribution in [3.05, 3.63) is 45.3 Å². The minimum absolute atomic E-state index is 0.0495. The molecule has 4 nitrogen and oxygen atoms in total. The zero-order valence-electron chi connectivity index (χ0n) is 14.8. The predicted molar refractivity (Wildman–Crippen MR) is 103 cm³/mol. The molecule has 5 rings (SSSR count). The second-order valence-electron chi connectivity index (χ2n) is 8.22. The lowest BCUT2D eigenvalue weighted by molar-refractivity contribution is -0.121. The van der Waals surface area contributed by atoms with Crippen molar-refractivity contribution in [1.29, 1.82) is 0 Å². The molecule has 1 saturated carbocycles. The number of rotatable bonds is 1. The summed E-state index contributed by atoms with van der Waals surface area (Å²) in [6.07, 6.45) is 6.12. The van der Waals surface area contributed by atoms with Crippen molar-refractivity contribution in [3.63, 3.8) is 0 Å². The highest BCUT2D eigenvalue weighted by molar-refractivity contribution is 6.34. The Morgan fingerprint density at radius 1 is 1.12 bits per heavy atom. The zero-order chi connectivity index (χ0) is 18.3. The van der Waals surface area contributed by atoms with Gasteiger partial charge < -0.3 is 0 Å². The van der Waals surface area contributed by atoms with Gasteiger partial charge in [-0.05, 0) is 86.2 Å². The van der Waals surface area contributed by atoms with Crippen molar-refractivity contribution < 1.29 is 4.79 Å². The molecule has 1 aromatic carbocycles. The highest BCUT2D eigenvalue weighted by atomic mass is 35.5. The van der Waals surface area contributed by atoms with Crippen molar-refractivity contribution in [1.82, 2.24) is 9.97 Å². The Hall–Kier alpha value is -1.65. The second kappa shape index (κ2) is 5.20. The highest BCUT2D eigenvalue weighted by Gasteiger charge is 2.50. The van der Waals surface area contributed by atoms with Crippen molar-refractivity contribution in [2.75, 3.05) is 4.90 Å². The molecular weight excluding hydrogens is 369 g/mol. The molecule has 2 heterocycles. The number of amides is 1. The van der Waals surface area contributed by atoms with Gasteiger partial charge >= 0.3 is 0 Å². The van der Waals surface area contributed by atoms with Crippen LogP contribution in [-0.2, 0) is 22.0 Å². The van der Waals surface area contributed by atoms with Crippen LogP contribution in [0.2, 0.25) is 10.4 Å². The highest BCUT2D eigenvalue weighted by Crippen LogP contribution is 2.56. The zero-order valence-corrected chi connectivity index (χ0v) is 16.3. The van der Waals surface area contributed by atoms with Gasteiger partial charge in [-0.1, -0.05) is 17.7 Å². The average Bonchev–Trinajstić information content (AvgIpc) is 3.31. The molecule has 26 heavy (non-hydrogen) atoms. The van der Waals surface area contributed by atoms with E-state index in [2.05, 4.69) is 22.1 Å². The Labute approximate surface area is 162 Å². The standard InChI is InChI=1S/C20H19Cl2N3O/c1-19(2)14-15(21)23-18(22)24-16(14)25(17(19)26)12-6-5-11-4-3-7-20(8-9-20)13(11)10-12/h5-6,10H,3-4,7-9H2,1-2H3. The van der Waals surface area contributed by atoms with E-state index in [4.69, 9.17) is 23.2 Å². The van der Waals surface area contributed by atoms with Crippen LogP contribution in [0, 0.1) is 0 Å². The van der Waals surface area contributed by atoms with Gasteiger partial charge in [-0.2, -0.15) is 4.98 Å². The molecule has 6 heteroatoms. The van der Waals surface area contributed by atoms with Gasteiger partial charge in [0.2, 0.25) is 11.2 Å². The maximum Gasteiger partial charge on any atom is 0.243 e. The first kappa shape index (κ1) is 16.5. The first-order valence-electron chi connectivity index (χ1n) is 9.05. The minimum Gasteiger partial charge on any atom is -0.273 e. The van der Waals surface area contributed by atoms with Crippen molar-refractivity contribution in [2.45, 2.75) is 56.8 Å². The molecule has 2 aliphatic carbocycles. The monoisotopic (exact) mass is 387 g/mol. The number of aryl methyl sites for hydroxylation is 1. The molecule has 134 valence electrons. The summed E-state index contributed by atoms with van der Waals surface area (Å²) in [7, 11) is 0. The van der Waals surface area contributed by atoms with E-state index in [9.17, 15) is 4.79 Å². The molecule has 3 aliphatic rings. The molecule has 1 fully saturated rings. The third-order valence-corrected chi connectivity index (χ3v) is 6.71. The van der Waals surface area contributed by atoms with E-state index in [1.54, 1.807) is 4.90 Å². The predicted octanol–water partition coefficient (Wildman–Crippen LogP) is 5.11. The minimum atomic E-state index is -0.788. The fourth-order valence-electron chi connectivity index (χ4n) is 4.66. The molecule has 1 aromatic heterocycles. The summed E-state index contributed by atoms with van der Waals surface area (Å²) >= 11 is 12.4. The maximum atomic E-state index is 13.2. The van der Waals surface area contributed by atoms with Crippen LogP contribution in [0.1, 0.15) is 56.2 Å². The fourth-order valence-corrected chi connectivity index (χ4v) is 5.26. The van der Waals surface area contributed by atoms with Gasteiger partial charge in [0.15, 0.2) is 5.82 Å². The largest absolute Gasteiger partial charge is 0.273 e. The number of aromatic nitrogens is 2. The number of hydrogen-bond acceptors (Lipinski definition) is 3. The Balaban J connectivity index is 1.70. The lowest BCUT2D eigenvalue weighted by Crippen LogP contribution is -2.33. The Kier molecular flexibility index (Phi) is 3.31. The first-order valence-corrected chi connectivity index (χ1v) is 9.81. The summed E-state index contributed by atoms with van der Waals surface area (Å²) < 4.78 is 0. The van der Waals surface area contributed by atoms with Crippen LogP contribution in [0.5, 0.6) is 0 Å². The normalized spacial score (nSPS) is 21.7. The lowest BCUT2D eigenvalue weighted by atomic mass is 9.80. The smallest absolute Gasteiger partial charge is 0.243 e. The Bertz CT molecular complexity index is 966. The molecule has 0 atom stereocenters. The lowest BCUT2D eigenvalue weighted by Gasteiger charge is -2.28. The van der Waals surface area contributed by atoms with Gasteiger partial charge in [0, 0.05) is 5.56 Å². The van der Waals surface area contributed by atoms with Crippen molar-refractivity contribution in [2.24, 2.45) is 0 Å². The Morgan fingerprint density at radius 3 is 2.62 bits per heavy atom. The van der Waals surface area contributed by atoms with Crippen LogP contribution in [0.25, 0.3) is 0 Å². The van der Waals surface area contributed by atoms with E-state index >= 15 is 0 Å². The number of fused-ring (bicyclic) bond motifs is 3. The van der Waals surface area contributed by atoms with Crippen LogP contribution in [0.3, 0.4) is 0 Å². The topological polar surface area (TPSA) is 46.1 Å². The van der Waals surface area contributed by atoms with Crippen LogP contribution in [0.15, 0.2) is 18.2 Å². The van der Waals surface area contributed by atoms with Gasteiger partial charge in [0.1, 0.15) is 5.15 Å².